The molecule has 1 fully saturated rings. The van der Waals surface area contributed by atoms with Gasteiger partial charge in [-0.1, -0.05) is 17.7 Å². The summed E-state index contributed by atoms with van der Waals surface area (Å²) in [6.45, 7) is 3.81. The lowest BCUT2D eigenvalue weighted by atomic mass is 10.1. The van der Waals surface area contributed by atoms with Gasteiger partial charge in [0.05, 0.1) is 31.5 Å². The van der Waals surface area contributed by atoms with Crippen molar-refractivity contribution in [3.8, 4) is 11.5 Å². The van der Waals surface area contributed by atoms with Crippen LogP contribution < -0.4 is 14.8 Å². The van der Waals surface area contributed by atoms with Crippen molar-refractivity contribution in [2.24, 2.45) is 0 Å². The molecule has 1 aliphatic heterocycles. The van der Waals surface area contributed by atoms with Crippen LogP contribution in [0.1, 0.15) is 15.9 Å². The Hall–Kier alpha value is -2.84. The maximum atomic E-state index is 13.8. The molecule has 0 radical (unpaired) electrons. The van der Waals surface area contributed by atoms with E-state index in [0.717, 1.165) is 0 Å². The van der Waals surface area contributed by atoms with Gasteiger partial charge in [-0.3, -0.25) is 14.5 Å². The fraction of sp³-hybridized carbons (Fsp3) is 0.364. The number of methoxy groups -OCH3 is 2. The standard InChI is InChI=1S/C22H25ClFN3O4/c1-14-4-5-15(10-17(14)24)22(29)27-8-6-26(7-9-27)13-21(28)25-18-12-19(30-2)16(23)11-20(18)31-3/h4-5,10-12H,6-9,13H2,1-3H3,(H,25,28). The summed E-state index contributed by atoms with van der Waals surface area (Å²) in [5, 5.41) is 3.20. The molecule has 0 atom stereocenters. The quantitative estimate of drug-likeness (QED) is 0.733. The number of hydrogen-bond acceptors (Lipinski definition) is 5. The van der Waals surface area contributed by atoms with Crippen LogP contribution in [0.2, 0.25) is 5.02 Å². The molecule has 1 heterocycles. The molecule has 0 aromatic heterocycles. The number of ether oxygens (including phenoxy) is 2. The van der Waals surface area contributed by atoms with Crippen LogP contribution in [0.15, 0.2) is 30.3 Å². The number of carbonyl (C=O) groups excluding carboxylic acids is 2. The number of halogens is 2. The van der Waals surface area contributed by atoms with Crippen LogP contribution in [0, 0.1) is 12.7 Å². The number of rotatable bonds is 6. The van der Waals surface area contributed by atoms with E-state index in [1.807, 2.05) is 4.90 Å². The Kier molecular flexibility index (Phi) is 7.35. The molecule has 166 valence electrons. The second-order valence-corrected chi connectivity index (χ2v) is 7.67. The third-order valence-corrected chi connectivity index (χ3v) is 5.49. The molecular weight excluding hydrogens is 425 g/mol. The first-order valence-electron chi connectivity index (χ1n) is 9.81. The molecule has 1 N–H and O–H groups in total. The maximum absolute atomic E-state index is 13.8. The van der Waals surface area contributed by atoms with Gasteiger partial charge in [0.2, 0.25) is 5.91 Å². The van der Waals surface area contributed by atoms with Gasteiger partial charge in [-0.05, 0) is 24.6 Å². The normalized spacial score (nSPS) is 14.3. The first-order valence-corrected chi connectivity index (χ1v) is 10.2. The average molecular weight is 450 g/mol. The van der Waals surface area contributed by atoms with E-state index in [2.05, 4.69) is 5.32 Å². The molecule has 1 saturated heterocycles. The second-order valence-electron chi connectivity index (χ2n) is 7.27. The van der Waals surface area contributed by atoms with E-state index in [9.17, 15) is 14.0 Å². The van der Waals surface area contributed by atoms with Gasteiger partial charge < -0.3 is 19.7 Å². The minimum absolute atomic E-state index is 0.162. The van der Waals surface area contributed by atoms with Crippen LogP contribution in [-0.2, 0) is 4.79 Å². The van der Waals surface area contributed by atoms with Gasteiger partial charge in [0.25, 0.3) is 5.91 Å². The van der Waals surface area contributed by atoms with Crippen LogP contribution in [0.5, 0.6) is 11.5 Å². The van der Waals surface area contributed by atoms with E-state index >= 15 is 0 Å². The Morgan fingerprint density at radius 1 is 1.06 bits per heavy atom. The summed E-state index contributed by atoms with van der Waals surface area (Å²) in [5.41, 5.74) is 1.30. The number of nitrogens with zero attached hydrogens (tertiary/aromatic N) is 2. The van der Waals surface area contributed by atoms with Crippen molar-refractivity contribution in [3.63, 3.8) is 0 Å². The predicted molar refractivity (Wildman–Crippen MR) is 117 cm³/mol. The van der Waals surface area contributed by atoms with Crippen molar-refractivity contribution in [1.82, 2.24) is 9.80 Å². The van der Waals surface area contributed by atoms with Crippen molar-refractivity contribution in [3.05, 3.63) is 52.3 Å². The average Bonchev–Trinajstić information content (AvgIpc) is 2.76. The summed E-state index contributed by atoms with van der Waals surface area (Å²) >= 11 is 6.09. The summed E-state index contributed by atoms with van der Waals surface area (Å²) in [4.78, 5) is 28.8. The van der Waals surface area contributed by atoms with E-state index in [-0.39, 0.29) is 18.4 Å². The molecule has 0 unspecified atom stereocenters. The summed E-state index contributed by atoms with van der Waals surface area (Å²) in [5.74, 6) is 0.0387. The molecule has 2 aromatic rings. The molecule has 1 aliphatic rings. The number of piperazine rings is 1. The van der Waals surface area contributed by atoms with Crippen LogP contribution >= 0.6 is 11.6 Å². The highest BCUT2D eigenvalue weighted by Crippen LogP contribution is 2.35. The smallest absolute Gasteiger partial charge is 0.254 e. The predicted octanol–water partition coefficient (Wildman–Crippen LogP) is 3.20. The number of nitrogens with one attached hydrogen (secondary N) is 1. The lowest BCUT2D eigenvalue weighted by molar-refractivity contribution is -0.117. The van der Waals surface area contributed by atoms with E-state index < -0.39 is 5.82 Å². The fourth-order valence-electron chi connectivity index (χ4n) is 3.37. The summed E-state index contributed by atoms with van der Waals surface area (Å²) < 4.78 is 24.2. The molecule has 2 aromatic carbocycles. The lowest BCUT2D eigenvalue weighted by Crippen LogP contribution is -2.50. The maximum Gasteiger partial charge on any atom is 0.254 e. The Morgan fingerprint density at radius 3 is 2.35 bits per heavy atom. The molecular formula is C22H25ClFN3O4. The van der Waals surface area contributed by atoms with Crippen molar-refractivity contribution < 1.29 is 23.5 Å². The van der Waals surface area contributed by atoms with Crippen molar-refractivity contribution in [2.75, 3.05) is 52.3 Å². The van der Waals surface area contributed by atoms with Crippen LogP contribution in [0.25, 0.3) is 0 Å². The van der Waals surface area contributed by atoms with E-state index in [4.69, 9.17) is 21.1 Å². The van der Waals surface area contributed by atoms with Gasteiger partial charge >= 0.3 is 0 Å². The number of hydrogen-bond donors (Lipinski definition) is 1. The van der Waals surface area contributed by atoms with Gasteiger partial charge in [-0.2, -0.15) is 0 Å². The molecule has 9 heteroatoms. The number of anilines is 1. The Morgan fingerprint density at radius 2 is 1.74 bits per heavy atom. The zero-order valence-corrected chi connectivity index (χ0v) is 18.5. The SMILES string of the molecule is COc1cc(NC(=O)CN2CCN(C(=O)c3ccc(C)c(F)c3)CC2)c(OC)cc1Cl. The van der Waals surface area contributed by atoms with Gasteiger partial charge in [-0.25, -0.2) is 4.39 Å². The largest absolute Gasteiger partial charge is 0.495 e. The highest BCUT2D eigenvalue weighted by Gasteiger charge is 2.24. The molecule has 0 aliphatic carbocycles. The minimum Gasteiger partial charge on any atom is -0.495 e. The number of amides is 2. The van der Waals surface area contributed by atoms with E-state index in [1.165, 1.54) is 20.3 Å². The van der Waals surface area contributed by atoms with Gasteiger partial charge in [0.1, 0.15) is 17.3 Å². The molecule has 31 heavy (non-hydrogen) atoms. The molecule has 2 amide bonds. The first kappa shape index (κ1) is 22.8. The number of aryl methyl sites for hydroxylation is 1. The van der Waals surface area contributed by atoms with Gasteiger partial charge in [-0.15, -0.1) is 0 Å². The third kappa shape index (κ3) is 5.45. The molecule has 0 saturated carbocycles. The molecule has 0 bridgehead atoms. The topological polar surface area (TPSA) is 71.1 Å². The van der Waals surface area contributed by atoms with Gasteiger partial charge in [0, 0.05) is 43.9 Å². The van der Waals surface area contributed by atoms with Crippen LogP contribution in [-0.4, -0.2) is 68.6 Å². The summed E-state index contributed by atoms with van der Waals surface area (Å²) in [6, 6.07) is 7.69. The Labute approximate surface area is 185 Å². The Bertz CT molecular complexity index is 977. The highest BCUT2D eigenvalue weighted by molar-refractivity contribution is 6.32. The van der Waals surface area contributed by atoms with Crippen molar-refractivity contribution >= 4 is 29.1 Å². The zero-order valence-electron chi connectivity index (χ0n) is 17.7. The van der Waals surface area contributed by atoms with Crippen molar-refractivity contribution in [1.29, 1.82) is 0 Å². The van der Waals surface area contributed by atoms with Crippen molar-refractivity contribution in [2.45, 2.75) is 6.92 Å². The zero-order chi connectivity index (χ0) is 22.5. The lowest BCUT2D eigenvalue weighted by Gasteiger charge is -2.34. The molecule has 7 nitrogen and oxygen atoms in total. The first-order chi connectivity index (χ1) is 14.8. The third-order valence-electron chi connectivity index (χ3n) is 5.19. The minimum atomic E-state index is -0.393. The molecule has 3 rings (SSSR count). The summed E-state index contributed by atoms with van der Waals surface area (Å²) in [7, 11) is 2.98. The second kappa shape index (κ2) is 9.98. The number of carbonyl (C=O) groups is 2. The monoisotopic (exact) mass is 449 g/mol. The van der Waals surface area contributed by atoms with E-state index in [1.54, 1.807) is 36.1 Å². The molecule has 0 spiro atoms. The van der Waals surface area contributed by atoms with E-state index in [0.29, 0.717) is 59.5 Å². The number of benzene rings is 2. The van der Waals surface area contributed by atoms with Crippen LogP contribution in [0.4, 0.5) is 10.1 Å². The van der Waals surface area contributed by atoms with Gasteiger partial charge in [0.15, 0.2) is 0 Å². The summed E-state index contributed by atoms with van der Waals surface area (Å²) in [6.07, 6.45) is 0. The fourth-order valence-corrected chi connectivity index (χ4v) is 3.60. The van der Waals surface area contributed by atoms with Crippen LogP contribution in [0.3, 0.4) is 0 Å². The Balaban J connectivity index is 1.55. The highest BCUT2D eigenvalue weighted by atomic mass is 35.5.